The van der Waals surface area contributed by atoms with Gasteiger partial charge in [-0.25, -0.2) is 0 Å². The van der Waals surface area contributed by atoms with E-state index < -0.39 is 0 Å². The van der Waals surface area contributed by atoms with Crippen molar-refractivity contribution in [2.24, 2.45) is 0 Å². The zero-order valence-electron chi connectivity index (χ0n) is 7.51. The number of carbonyl (C=O) groups excluding carboxylic acids is 1. The number of ketones is 1. The molecule has 0 saturated carbocycles. The molecule has 0 atom stereocenters. The molecule has 0 aliphatic rings. The highest BCUT2D eigenvalue weighted by molar-refractivity contribution is 6.30. The van der Waals surface area contributed by atoms with E-state index in [1.807, 2.05) is 24.3 Å². The van der Waals surface area contributed by atoms with Crippen LogP contribution in [0.5, 0.6) is 0 Å². The lowest BCUT2D eigenvalue weighted by atomic mass is 10.3. The van der Waals surface area contributed by atoms with Crippen LogP contribution in [0.1, 0.15) is 13.3 Å². The van der Waals surface area contributed by atoms with Crippen molar-refractivity contribution in [3.05, 3.63) is 29.3 Å². The van der Waals surface area contributed by atoms with Crippen molar-refractivity contribution in [3.63, 3.8) is 0 Å². The van der Waals surface area contributed by atoms with Gasteiger partial charge in [0.2, 0.25) is 0 Å². The van der Waals surface area contributed by atoms with Crippen molar-refractivity contribution in [2.45, 2.75) is 13.3 Å². The van der Waals surface area contributed by atoms with E-state index in [-0.39, 0.29) is 5.78 Å². The molecule has 0 amide bonds. The molecule has 3 heteroatoms. The summed E-state index contributed by atoms with van der Waals surface area (Å²) in [5, 5.41) is 3.81. The Morgan fingerprint density at radius 1 is 1.54 bits per heavy atom. The van der Waals surface area contributed by atoms with Gasteiger partial charge in [0, 0.05) is 23.7 Å². The van der Waals surface area contributed by atoms with Gasteiger partial charge in [-0.15, -0.1) is 0 Å². The molecular formula is C10H12ClNO. The minimum atomic E-state index is 0.189. The van der Waals surface area contributed by atoms with Gasteiger partial charge >= 0.3 is 0 Å². The highest BCUT2D eigenvalue weighted by Crippen LogP contribution is 2.14. The highest BCUT2D eigenvalue weighted by Gasteiger charge is 1.94. The van der Waals surface area contributed by atoms with E-state index in [9.17, 15) is 4.79 Å². The number of halogens is 1. The number of nitrogens with one attached hydrogen (secondary N) is 1. The fourth-order valence-corrected chi connectivity index (χ4v) is 1.17. The van der Waals surface area contributed by atoms with Crippen molar-refractivity contribution in [3.8, 4) is 0 Å². The van der Waals surface area contributed by atoms with Crippen LogP contribution in [0, 0.1) is 0 Å². The lowest BCUT2D eigenvalue weighted by Gasteiger charge is -2.04. The van der Waals surface area contributed by atoms with Crippen molar-refractivity contribution in [1.82, 2.24) is 0 Å². The molecule has 1 N–H and O–H groups in total. The van der Waals surface area contributed by atoms with Crippen LogP contribution in [0.2, 0.25) is 5.02 Å². The predicted octanol–water partition coefficient (Wildman–Crippen LogP) is 2.73. The Kier molecular flexibility index (Phi) is 3.77. The molecule has 0 radical (unpaired) electrons. The van der Waals surface area contributed by atoms with Gasteiger partial charge < -0.3 is 5.32 Å². The Morgan fingerprint density at radius 2 is 2.31 bits per heavy atom. The van der Waals surface area contributed by atoms with Crippen molar-refractivity contribution < 1.29 is 4.79 Å². The SMILES string of the molecule is CC(=O)CCNc1cccc(Cl)c1. The molecule has 0 heterocycles. The zero-order valence-corrected chi connectivity index (χ0v) is 8.27. The summed E-state index contributed by atoms with van der Waals surface area (Å²) in [7, 11) is 0. The molecule has 0 saturated heterocycles. The van der Waals surface area contributed by atoms with Crippen LogP contribution in [0.4, 0.5) is 5.69 Å². The fourth-order valence-electron chi connectivity index (χ4n) is 0.981. The van der Waals surface area contributed by atoms with Gasteiger partial charge in [-0.2, -0.15) is 0 Å². The standard InChI is InChI=1S/C10H12ClNO/c1-8(13)5-6-12-10-4-2-3-9(11)7-10/h2-4,7,12H,5-6H2,1H3. The maximum atomic E-state index is 10.6. The number of carbonyl (C=O) groups is 1. The smallest absolute Gasteiger partial charge is 0.131 e. The summed E-state index contributed by atoms with van der Waals surface area (Å²) in [5.74, 6) is 0.189. The summed E-state index contributed by atoms with van der Waals surface area (Å²) in [6, 6.07) is 7.45. The normalized spacial score (nSPS) is 9.69. The van der Waals surface area contributed by atoms with Gasteiger partial charge in [0.15, 0.2) is 0 Å². The van der Waals surface area contributed by atoms with Gasteiger partial charge in [-0.3, -0.25) is 4.79 Å². The van der Waals surface area contributed by atoms with Gasteiger partial charge in [0.1, 0.15) is 5.78 Å². The Bertz CT molecular complexity index is 299. The average molecular weight is 198 g/mol. The first-order chi connectivity index (χ1) is 6.18. The number of benzene rings is 1. The van der Waals surface area contributed by atoms with E-state index in [1.165, 1.54) is 0 Å². The van der Waals surface area contributed by atoms with E-state index >= 15 is 0 Å². The van der Waals surface area contributed by atoms with Crippen LogP contribution in [-0.4, -0.2) is 12.3 Å². The minimum absolute atomic E-state index is 0.189. The van der Waals surface area contributed by atoms with Crippen LogP contribution in [0.15, 0.2) is 24.3 Å². The molecule has 0 aromatic heterocycles. The predicted molar refractivity (Wildman–Crippen MR) is 55.2 cm³/mol. The zero-order chi connectivity index (χ0) is 9.68. The number of Topliss-reactive ketones (excluding diaryl/α,β-unsaturated/α-hetero) is 1. The largest absolute Gasteiger partial charge is 0.385 e. The van der Waals surface area contributed by atoms with E-state index in [4.69, 9.17) is 11.6 Å². The number of anilines is 1. The molecule has 0 aliphatic carbocycles. The first-order valence-corrected chi connectivity index (χ1v) is 4.55. The summed E-state index contributed by atoms with van der Waals surface area (Å²) in [6.07, 6.45) is 0.548. The summed E-state index contributed by atoms with van der Waals surface area (Å²) < 4.78 is 0. The topological polar surface area (TPSA) is 29.1 Å². The average Bonchev–Trinajstić information content (AvgIpc) is 2.03. The van der Waals surface area contributed by atoms with E-state index in [0.29, 0.717) is 18.0 Å². The van der Waals surface area contributed by atoms with Crippen molar-refractivity contribution >= 4 is 23.1 Å². The first kappa shape index (κ1) is 10.1. The molecule has 1 aromatic carbocycles. The molecule has 13 heavy (non-hydrogen) atoms. The minimum Gasteiger partial charge on any atom is -0.385 e. The molecule has 1 rings (SSSR count). The molecule has 70 valence electrons. The van der Waals surface area contributed by atoms with Crippen LogP contribution in [-0.2, 0) is 4.79 Å². The van der Waals surface area contributed by atoms with Gasteiger partial charge in [-0.05, 0) is 25.1 Å². The second-order valence-electron chi connectivity index (χ2n) is 2.89. The quantitative estimate of drug-likeness (QED) is 0.804. The van der Waals surface area contributed by atoms with Crippen molar-refractivity contribution in [2.75, 3.05) is 11.9 Å². The molecule has 1 aromatic rings. The highest BCUT2D eigenvalue weighted by atomic mass is 35.5. The third-order valence-corrected chi connectivity index (χ3v) is 1.87. The molecule has 0 unspecified atom stereocenters. The first-order valence-electron chi connectivity index (χ1n) is 4.17. The lowest BCUT2D eigenvalue weighted by molar-refractivity contribution is -0.116. The molecule has 0 fully saturated rings. The molecule has 0 spiro atoms. The van der Waals surface area contributed by atoms with Gasteiger partial charge in [-0.1, -0.05) is 17.7 Å². The van der Waals surface area contributed by atoms with Gasteiger partial charge in [0.05, 0.1) is 0 Å². The Balaban J connectivity index is 2.41. The molecular weight excluding hydrogens is 186 g/mol. The summed E-state index contributed by atoms with van der Waals surface area (Å²) in [6.45, 7) is 2.25. The van der Waals surface area contributed by atoms with E-state index in [1.54, 1.807) is 6.92 Å². The lowest BCUT2D eigenvalue weighted by Crippen LogP contribution is -2.05. The third kappa shape index (κ3) is 3.95. The number of hydrogen-bond donors (Lipinski definition) is 1. The second-order valence-corrected chi connectivity index (χ2v) is 3.33. The van der Waals surface area contributed by atoms with Gasteiger partial charge in [0.25, 0.3) is 0 Å². The van der Waals surface area contributed by atoms with Crippen LogP contribution in [0.3, 0.4) is 0 Å². The summed E-state index contributed by atoms with van der Waals surface area (Å²) >= 11 is 5.78. The number of hydrogen-bond acceptors (Lipinski definition) is 2. The Hall–Kier alpha value is -1.02. The second kappa shape index (κ2) is 4.87. The molecule has 2 nitrogen and oxygen atoms in total. The summed E-state index contributed by atoms with van der Waals surface area (Å²) in [4.78, 5) is 10.6. The Morgan fingerprint density at radius 3 is 2.92 bits per heavy atom. The summed E-state index contributed by atoms with van der Waals surface area (Å²) in [5.41, 5.74) is 0.953. The number of rotatable bonds is 4. The van der Waals surface area contributed by atoms with Crippen molar-refractivity contribution in [1.29, 1.82) is 0 Å². The Labute approximate surface area is 82.9 Å². The van der Waals surface area contributed by atoms with Crippen LogP contribution in [0.25, 0.3) is 0 Å². The molecule has 0 bridgehead atoms. The third-order valence-electron chi connectivity index (χ3n) is 1.63. The van der Waals surface area contributed by atoms with Crippen LogP contribution < -0.4 is 5.32 Å². The van der Waals surface area contributed by atoms with E-state index in [0.717, 1.165) is 5.69 Å². The fraction of sp³-hybridized carbons (Fsp3) is 0.300. The van der Waals surface area contributed by atoms with Crippen LogP contribution >= 0.6 is 11.6 Å². The maximum absolute atomic E-state index is 10.6. The van der Waals surface area contributed by atoms with E-state index in [2.05, 4.69) is 5.32 Å². The molecule has 0 aliphatic heterocycles. The monoisotopic (exact) mass is 197 g/mol. The maximum Gasteiger partial charge on any atom is 0.131 e.